The van der Waals surface area contributed by atoms with E-state index in [0.29, 0.717) is 13.1 Å². The van der Waals surface area contributed by atoms with E-state index < -0.39 is 16.0 Å². The van der Waals surface area contributed by atoms with Gasteiger partial charge in [0, 0.05) is 32.6 Å². The number of carbonyl (C=O) groups is 2. The van der Waals surface area contributed by atoms with Gasteiger partial charge in [-0.05, 0) is 19.1 Å². The number of piperazine rings is 1. The first kappa shape index (κ1) is 18.4. The summed E-state index contributed by atoms with van der Waals surface area (Å²) in [5.41, 5.74) is 0.995. The van der Waals surface area contributed by atoms with Crippen LogP contribution < -0.4 is 0 Å². The molecule has 24 heavy (non-hydrogen) atoms. The van der Waals surface area contributed by atoms with E-state index in [9.17, 15) is 18.0 Å². The number of hydrogen-bond donors (Lipinski definition) is 0. The molecule has 0 aromatic heterocycles. The molecule has 1 heterocycles. The summed E-state index contributed by atoms with van der Waals surface area (Å²) in [6.07, 6.45) is 0.120. The molecule has 8 heteroatoms. The van der Waals surface area contributed by atoms with Crippen LogP contribution in [0, 0.1) is 6.92 Å². The van der Waals surface area contributed by atoms with Crippen LogP contribution in [0.25, 0.3) is 0 Å². The number of carbonyl (C=O) groups excluding carboxylic acids is 2. The molecule has 0 unspecified atom stereocenters. The van der Waals surface area contributed by atoms with Gasteiger partial charge in [-0.2, -0.15) is 4.31 Å². The monoisotopic (exact) mass is 354 g/mol. The highest BCUT2D eigenvalue weighted by Gasteiger charge is 2.30. The zero-order valence-corrected chi connectivity index (χ0v) is 14.7. The van der Waals surface area contributed by atoms with Gasteiger partial charge in [0.1, 0.15) is 0 Å². The van der Waals surface area contributed by atoms with Crippen molar-refractivity contribution in [3.05, 3.63) is 29.8 Å². The predicted molar refractivity (Wildman–Crippen MR) is 87.8 cm³/mol. The third kappa shape index (κ3) is 4.33. The Balaban J connectivity index is 1.93. The summed E-state index contributed by atoms with van der Waals surface area (Å²) in [7, 11) is -2.26. The van der Waals surface area contributed by atoms with Crippen molar-refractivity contribution in [1.82, 2.24) is 9.21 Å². The van der Waals surface area contributed by atoms with Gasteiger partial charge < -0.3 is 9.64 Å². The highest BCUT2D eigenvalue weighted by Crippen LogP contribution is 2.18. The number of hydrogen-bond acceptors (Lipinski definition) is 5. The van der Waals surface area contributed by atoms with Crippen LogP contribution in [-0.4, -0.2) is 62.8 Å². The Labute approximate surface area is 142 Å². The molecule has 1 aliphatic heterocycles. The molecule has 0 saturated carbocycles. The lowest BCUT2D eigenvalue weighted by atomic mass is 10.2. The number of benzene rings is 1. The van der Waals surface area contributed by atoms with E-state index >= 15 is 0 Å². The number of ether oxygens (including phenoxy) is 1. The maximum absolute atomic E-state index is 12.6. The summed E-state index contributed by atoms with van der Waals surface area (Å²) in [6, 6.07) is 6.72. The molecule has 1 aliphatic rings. The summed E-state index contributed by atoms with van der Waals surface area (Å²) in [4.78, 5) is 25.0. The summed E-state index contributed by atoms with van der Waals surface area (Å²) in [5, 5.41) is 0. The molecule has 0 N–H and O–H groups in total. The molecule has 132 valence electrons. The normalized spacial score (nSPS) is 16.0. The third-order valence-electron chi connectivity index (χ3n) is 4.02. The van der Waals surface area contributed by atoms with Crippen molar-refractivity contribution in [1.29, 1.82) is 0 Å². The SMILES string of the molecule is COC(=O)CCC(=O)N1CCN(S(=O)(=O)c2ccc(C)cc2)CC1. The highest BCUT2D eigenvalue weighted by molar-refractivity contribution is 7.89. The third-order valence-corrected chi connectivity index (χ3v) is 5.93. The molecule has 7 nitrogen and oxygen atoms in total. The predicted octanol–water partition coefficient (Wildman–Crippen LogP) is 0.781. The van der Waals surface area contributed by atoms with Crippen molar-refractivity contribution < 1.29 is 22.7 Å². The van der Waals surface area contributed by atoms with Crippen molar-refractivity contribution in [2.45, 2.75) is 24.7 Å². The molecule has 2 rings (SSSR count). The fraction of sp³-hybridized carbons (Fsp3) is 0.500. The second-order valence-corrected chi connectivity index (χ2v) is 7.61. The number of methoxy groups -OCH3 is 1. The number of aryl methyl sites for hydroxylation is 1. The van der Waals surface area contributed by atoms with Crippen LogP contribution in [0.5, 0.6) is 0 Å². The van der Waals surface area contributed by atoms with Gasteiger partial charge in [0.05, 0.1) is 18.4 Å². The van der Waals surface area contributed by atoms with Crippen molar-refractivity contribution in [3.8, 4) is 0 Å². The summed E-state index contributed by atoms with van der Waals surface area (Å²) in [5.74, 6) is -0.586. The maximum atomic E-state index is 12.6. The Morgan fingerprint density at radius 2 is 1.62 bits per heavy atom. The summed E-state index contributed by atoms with van der Waals surface area (Å²) >= 11 is 0. The van der Waals surface area contributed by atoms with Crippen molar-refractivity contribution in [2.75, 3.05) is 33.3 Å². The Bertz CT molecular complexity index is 692. The molecule has 0 aliphatic carbocycles. The van der Waals surface area contributed by atoms with E-state index in [4.69, 9.17) is 0 Å². The maximum Gasteiger partial charge on any atom is 0.306 e. The molecule has 1 amide bonds. The van der Waals surface area contributed by atoms with E-state index in [0.717, 1.165) is 5.56 Å². The van der Waals surface area contributed by atoms with Gasteiger partial charge in [0.15, 0.2) is 0 Å². The van der Waals surface area contributed by atoms with E-state index in [1.807, 2.05) is 6.92 Å². The number of esters is 1. The molecule has 0 radical (unpaired) electrons. The minimum Gasteiger partial charge on any atom is -0.469 e. The van der Waals surface area contributed by atoms with E-state index in [1.54, 1.807) is 29.2 Å². The van der Waals surface area contributed by atoms with Crippen LogP contribution in [-0.2, 0) is 24.3 Å². The van der Waals surface area contributed by atoms with Crippen molar-refractivity contribution in [3.63, 3.8) is 0 Å². The lowest BCUT2D eigenvalue weighted by Crippen LogP contribution is -2.50. The molecule has 1 saturated heterocycles. The van der Waals surface area contributed by atoms with Crippen LogP contribution in [0.2, 0.25) is 0 Å². The molecule has 0 atom stereocenters. The standard InChI is InChI=1S/C16H22N2O5S/c1-13-3-5-14(6-4-13)24(21,22)18-11-9-17(10-12-18)15(19)7-8-16(20)23-2/h3-6H,7-12H2,1-2H3. The summed E-state index contributed by atoms with van der Waals surface area (Å²) < 4.78 is 31.1. The number of nitrogens with zero attached hydrogens (tertiary/aromatic N) is 2. The molecule has 1 fully saturated rings. The van der Waals surface area contributed by atoms with Gasteiger partial charge in [-0.3, -0.25) is 9.59 Å². The fourth-order valence-corrected chi connectivity index (χ4v) is 3.93. The van der Waals surface area contributed by atoms with Crippen molar-refractivity contribution >= 4 is 21.9 Å². The second-order valence-electron chi connectivity index (χ2n) is 5.67. The van der Waals surface area contributed by atoms with Gasteiger partial charge in [0.25, 0.3) is 0 Å². The average molecular weight is 354 g/mol. The zero-order valence-electron chi connectivity index (χ0n) is 13.9. The Morgan fingerprint density at radius 1 is 1.04 bits per heavy atom. The van der Waals surface area contributed by atoms with E-state index in [2.05, 4.69) is 4.74 Å². The number of rotatable bonds is 5. The zero-order chi connectivity index (χ0) is 17.7. The van der Waals surface area contributed by atoms with Crippen LogP contribution in [0.15, 0.2) is 29.2 Å². The number of amides is 1. The van der Waals surface area contributed by atoms with E-state index in [-0.39, 0.29) is 36.7 Å². The van der Waals surface area contributed by atoms with Gasteiger partial charge >= 0.3 is 5.97 Å². The molecular weight excluding hydrogens is 332 g/mol. The molecule has 0 spiro atoms. The first-order valence-electron chi connectivity index (χ1n) is 7.76. The largest absolute Gasteiger partial charge is 0.469 e. The molecular formula is C16H22N2O5S. The van der Waals surface area contributed by atoms with E-state index in [1.165, 1.54) is 11.4 Å². The van der Waals surface area contributed by atoms with Gasteiger partial charge in [-0.1, -0.05) is 17.7 Å². The fourth-order valence-electron chi connectivity index (χ4n) is 2.51. The first-order chi connectivity index (χ1) is 11.3. The molecule has 1 aromatic carbocycles. The lowest BCUT2D eigenvalue weighted by molar-refractivity contribution is -0.143. The summed E-state index contributed by atoms with van der Waals surface area (Å²) in [6.45, 7) is 3.05. The van der Waals surface area contributed by atoms with Crippen molar-refractivity contribution in [2.24, 2.45) is 0 Å². The van der Waals surface area contributed by atoms with Crippen LogP contribution in [0.1, 0.15) is 18.4 Å². The Morgan fingerprint density at radius 3 is 2.17 bits per heavy atom. The number of sulfonamides is 1. The van der Waals surface area contributed by atoms with Gasteiger partial charge in [-0.25, -0.2) is 8.42 Å². The minimum atomic E-state index is -3.54. The Kier molecular flexibility index (Phi) is 5.95. The second kappa shape index (κ2) is 7.76. The minimum absolute atomic E-state index is 0.0389. The lowest BCUT2D eigenvalue weighted by Gasteiger charge is -2.34. The van der Waals surface area contributed by atoms with Crippen LogP contribution >= 0.6 is 0 Å². The molecule has 1 aromatic rings. The smallest absolute Gasteiger partial charge is 0.306 e. The van der Waals surface area contributed by atoms with Gasteiger partial charge in [0.2, 0.25) is 15.9 Å². The first-order valence-corrected chi connectivity index (χ1v) is 9.20. The van der Waals surface area contributed by atoms with Crippen LogP contribution in [0.3, 0.4) is 0 Å². The van der Waals surface area contributed by atoms with Gasteiger partial charge in [-0.15, -0.1) is 0 Å². The Hall–Kier alpha value is -1.93. The molecule has 0 bridgehead atoms. The average Bonchev–Trinajstić information content (AvgIpc) is 2.59. The van der Waals surface area contributed by atoms with Crippen LogP contribution in [0.4, 0.5) is 0 Å². The highest BCUT2D eigenvalue weighted by atomic mass is 32.2. The quantitative estimate of drug-likeness (QED) is 0.730. The topological polar surface area (TPSA) is 84.0 Å².